The summed E-state index contributed by atoms with van der Waals surface area (Å²) in [5, 5.41) is 0. The van der Waals surface area contributed by atoms with Crippen LogP contribution in [0.4, 0.5) is 0 Å². The Morgan fingerprint density at radius 2 is 1.92 bits per heavy atom. The summed E-state index contributed by atoms with van der Waals surface area (Å²) < 4.78 is 5.95. The molecule has 4 aliphatic carbocycles. The van der Waals surface area contributed by atoms with Crippen LogP contribution in [0, 0.1) is 28.6 Å². The number of fused-ring (bicyclic) bond motifs is 5. The molecule has 26 heavy (non-hydrogen) atoms. The average Bonchev–Trinajstić information content (AvgIpc) is 2.92. The van der Waals surface area contributed by atoms with Crippen molar-refractivity contribution in [3.05, 3.63) is 11.6 Å². The maximum atomic E-state index is 12.1. The van der Waals surface area contributed by atoms with E-state index < -0.39 is 0 Å². The zero-order chi connectivity index (χ0) is 18.5. The summed E-state index contributed by atoms with van der Waals surface area (Å²) in [6.45, 7) is 6.86. The Kier molecular flexibility index (Phi) is 4.56. The molecule has 4 rings (SSSR count). The van der Waals surface area contributed by atoms with Crippen molar-refractivity contribution in [1.29, 1.82) is 0 Å². The topological polar surface area (TPSA) is 43.4 Å². The number of esters is 1. The van der Waals surface area contributed by atoms with Gasteiger partial charge in [0.2, 0.25) is 0 Å². The standard InChI is InChI=1S/C23H34O3/c1-4-5-21(25)26-20-9-8-18-17-7-6-15-14-16(24)10-12-22(15,2)19(17)11-13-23(18,20)3/h14,17-20H,4-13H2,1-3H3/t17?,18?,19?,20?,22-,23?/m0/s1. The number of carbonyl (C=O) groups is 2. The average molecular weight is 359 g/mol. The van der Waals surface area contributed by atoms with Gasteiger partial charge in [0, 0.05) is 18.3 Å². The van der Waals surface area contributed by atoms with Crippen LogP contribution in [0.15, 0.2) is 11.6 Å². The summed E-state index contributed by atoms with van der Waals surface area (Å²) in [5.74, 6) is 2.45. The van der Waals surface area contributed by atoms with Crippen molar-refractivity contribution < 1.29 is 14.3 Å². The molecule has 6 atom stereocenters. The van der Waals surface area contributed by atoms with E-state index in [1.165, 1.54) is 31.3 Å². The fourth-order valence-corrected chi connectivity index (χ4v) is 7.13. The molecule has 0 aromatic rings. The van der Waals surface area contributed by atoms with E-state index in [1.807, 2.05) is 13.0 Å². The smallest absolute Gasteiger partial charge is 0.306 e. The van der Waals surface area contributed by atoms with E-state index in [4.69, 9.17) is 4.74 Å². The molecular weight excluding hydrogens is 324 g/mol. The van der Waals surface area contributed by atoms with Crippen molar-refractivity contribution in [3.63, 3.8) is 0 Å². The Hall–Kier alpha value is -1.12. The van der Waals surface area contributed by atoms with Gasteiger partial charge in [0.05, 0.1) is 0 Å². The van der Waals surface area contributed by atoms with Crippen LogP contribution < -0.4 is 0 Å². The van der Waals surface area contributed by atoms with Gasteiger partial charge in [0.1, 0.15) is 6.10 Å². The second-order valence-corrected chi connectivity index (χ2v) is 9.82. The predicted octanol–water partition coefficient (Wildman–Crippen LogP) is 5.23. The summed E-state index contributed by atoms with van der Waals surface area (Å²) >= 11 is 0. The van der Waals surface area contributed by atoms with Crippen molar-refractivity contribution in [2.75, 3.05) is 0 Å². The van der Waals surface area contributed by atoms with Gasteiger partial charge in [-0.3, -0.25) is 9.59 Å². The minimum Gasteiger partial charge on any atom is -0.462 e. The molecule has 0 N–H and O–H groups in total. The lowest BCUT2D eigenvalue weighted by molar-refractivity contribution is -0.159. The Labute approximate surface area is 157 Å². The summed E-state index contributed by atoms with van der Waals surface area (Å²) in [7, 11) is 0. The molecule has 5 unspecified atom stereocenters. The SMILES string of the molecule is CCCC(=O)OC1CCC2C3CCC4=CC(=O)CC[C@]4(C)C3CCC12C. The summed E-state index contributed by atoms with van der Waals surface area (Å²) in [6, 6.07) is 0. The van der Waals surface area contributed by atoms with Gasteiger partial charge in [0.15, 0.2) is 5.78 Å². The molecule has 0 heterocycles. The number of carbonyl (C=O) groups excluding carboxylic acids is 2. The summed E-state index contributed by atoms with van der Waals surface area (Å²) in [5.41, 5.74) is 1.82. The lowest BCUT2D eigenvalue weighted by Gasteiger charge is -2.57. The van der Waals surface area contributed by atoms with Crippen molar-refractivity contribution in [3.8, 4) is 0 Å². The zero-order valence-corrected chi connectivity index (χ0v) is 16.7. The lowest BCUT2D eigenvalue weighted by Crippen LogP contribution is -2.51. The highest BCUT2D eigenvalue weighted by Gasteiger charge is 2.59. The maximum Gasteiger partial charge on any atom is 0.306 e. The van der Waals surface area contributed by atoms with E-state index in [0.717, 1.165) is 38.0 Å². The van der Waals surface area contributed by atoms with Crippen LogP contribution in [0.3, 0.4) is 0 Å². The first-order valence-electron chi connectivity index (χ1n) is 10.8. The highest BCUT2D eigenvalue weighted by atomic mass is 16.5. The molecule has 0 aromatic carbocycles. The van der Waals surface area contributed by atoms with Crippen LogP contribution in [-0.4, -0.2) is 17.9 Å². The number of allylic oxidation sites excluding steroid dienone is 1. The van der Waals surface area contributed by atoms with Gasteiger partial charge in [-0.15, -0.1) is 0 Å². The molecule has 0 aliphatic heterocycles. The first-order chi connectivity index (χ1) is 12.4. The van der Waals surface area contributed by atoms with E-state index >= 15 is 0 Å². The molecule has 0 bridgehead atoms. The highest BCUT2D eigenvalue weighted by Crippen LogP contribution is 2.65. The predicted molar refractivity (Wildman–Crippen MR) is 101 cm³/mol. The quantitative estimate of drug-likeness (QED) is 0.649. The van der Waals surface area contributed by atoms with Gasteiger partial charge in [-0.2, -0.15) is 0 Å². The Morgan fingerprint density at radius 1 is 1.12 bits per heavy atom. The van der Waals surface area contributed by atoms with E-state index in [-0.39, 0.29) is 22.9 Å². The number of hydrogen-bond acceptors (Lipinski definition) is 3. The normalized spacial score (nSPS) is 44.6. The fourth-order valence-electron chi connectivity index (χ4n) is 7.13. The number of ether oxygens (including phenoxy) is 1. The Balaban J connectivity index is 1.55. The molecule has 144 valence electrons. The Bertz CT molecular complexity index is 635. The maximum absolute atomic E-state index is 12.1. The van der Waals surface area contributed by atoms with Crippen molar-refractivity contribution >= 4 is 11.8 Å². The molecule has 3 fully saturated rings. The molecule has 0 radical (unpaired) electrons. The van der Waals surface area contributed by atoms with Crippen LogP contribution >= 0.6 is 0 Å². The monoisotopic (exact) mass is 358 g/mol. The van der Waals surface area contributed by atoms with Crippen LogP contribution in [0.2, 0.25) is 0 Å². The largest absolute Gasteiger partial charge is 0.462 e. The second-order valence-electron chi connectivity index (χ2n) is 9.82. The highest BCUT2D eigenvalue weighted by molar-refractivity contribution is 5.91. The Morgan fingerprint density at radius 3 is 2.69 bits per heavy atom. The second kappa shape index (κ2) is 6.49. The van der Waals surface area contributed by atoms with Crippen molar-refractivity contribution in [2.45, 2.75) is 91.1 Å². The molecule has 4 aliphatic rings. The van der Waals surface area contributed by atoms with Gasteiger partial charge in [0.25, 0.3) is 0 Å². The third kappa shape index (κ3) is 2.68. The van der Waals surface area contributed by atoms with E-state index in [0.29, 0.717) is 24.0 Å². The van der Waals surface area contributed by atoms with Crippen molar-refractivity contribution in [2.24, 2.45) is 28.6 Å². The first-order valence-corrected chi connectivity index (χ1v) is 10.8. The van der Waals surface area contributed by atoms with E-state index in [2.05, 4.69) is 13.8 Å². The van der Waals surface area contributed by atoms with Gasteiger partial charge in [-0.05, 0) is 80.6 Å². The number of rotatable bonds is 3. The van der Waals surface area contributed by atoms with E-state index in [1.54, 1.807) is 0 Å². The van der Waals surface area contributed by atoms with Gasteiger partial charge < -0.3 is 4.74 Å². The van der Waals surface area contributed by atoms with Gasteiger partial charge in [-0.1, -0.05) is 26.3 Å². The fraction of sp³-hybridized carbons (Fsp3) is 0.826. The third-order valence-electron chi connectivity index (χ3n) is 8.60. The molecule has 3 saturated carbocycles. The molecule has 3 nitrogen and oxygen atoms in total. The molecule has 0 saturated heterocycles. The zero-order valence-electron chi connectivity index (χ0n) is 16.7. The molecule has 0 aromatic heterocycles. The molecule has 0 amide bonds. The molecule has 0 spiro atoms. The van der Waals surface area contributed by atoms with Crippen LogP contribution in [-0.2, 0) is 14.3 Å². The third-order valence-corrected chi connectivity index (χ3v) is 8.60. The lowest BCUT2D eigenvalue weighted by atomic mass is 9.47. The first kappa shape index (κ1) is 18.3. The number of ketones is 1. The molecule has 3 heteroatoms. The number of hydrogen-bond donors (Lipinski definition) is 0. The van der Waals surface area contributed by atoms with Crippen LogP contribution in [0.5, 0.6) is 0 Å². The summed E-state index contributed by atoms with van der Waals surface area (Å²) in [6.07, 6.45) is 12.2. The minimum atomic E-state index is -0.00637. The minimum absolute atomic E-state index is 0.00637. The van der Waals surface area contributed by atoms with E-state index in [9.17, 15) is 9.59 Å². The summed E-state index contributed by atoms with van der Waals surface area (Å²) in [4.78, 5) is 24.0. The van der Waals surface area contributed by atoms with Crippen LogP contribution in [0.25, 0.3) is 0 Å². The molecular formula is C23H34O3. The van der Waals surface area contributed by atoms with Crippen LogP contribution in [0.1, 0.15) is 85.0 Å². The van der Waals surface area contributed by atoms with Gasteiger partial charge in [-0.25, -0.2) is 0 Å². The van der Waals surface area contributed by atoms with Gasteiger partial charge >= 0.3 is 5.97 Å². The van der Waals surface area contributed by atoms with Crippen molar-refractivity contribution in [1.82, 2.24) is 0 Å².